The van der Waals surface area contributed by atoms with Crippen molar-refractivity contribution in [3.05, 3.63) is 55.0 Å². The summed E-state index contributed by atoms with van der Waals surface area (Å²) >= 11 is 0. The highest BCUT2D eigenvalue weighted by Crippen LogP contribution is 2.29. The maximum absolute atomic E-state index is 12.1. The van der Waals surface area contributed by atoms with Crippen LogP contribution in [0.25, 0.3) is 5.52 Å². The minimum Gasteiger partial charge on any atom is -0.369 e. The first-order valence-corrected chi connectivity index (χ1v) is 11.5. The number of nitrogens with one attached hydrogen (secondary N) is 1. The number of hydrogen-bond acceptors (Lipinski definition) is 7. The van der Waals surface area contributed by atoms with E-state index in [-0.39, 0.29) is 11.8 Å². The first kappa shape index (κ1) is 21.4. The van der Waals surface area contributed by atoms with Crippen molar-refractivity contribution in [3.63, 3.8) is 0 Å². The number of piperidine rings is 1. The van der Waals surface area contributed by atoms with Gasteiger partial charge in [0.1, 0.15) is 12.1 Å². The number of hydrogen-bond donors (Lipinski definition) is 1. The Hall–Kier alpha value is -3.46. The second kappa shape index (κ2) is 9.19. The second-order valence-electron chi connectivity index (χ2n) is 8.87. The number of aromatic nitrogens is 4. The normalized spacial score (nSPS) is 19.6. The molecule has 9 nitrogen and oxygen atoms in total. The Morgan fingerprint density at radius 3 is 2.70 bits per heavy atom. The highest BCUT2D eigenvalue weighted by Gasteiger charge is 2.27. The zero-order chi connectivity index (χ0) is 22.8. The predicted molar refractivity (Wildman–Crippen MR) is 129 cm³/mol. The Morgan fingerprint density at radius 2 is 1.94 bits per heavy atom. The molecular formula is C24H30N8O. The molecule has 3 aromatic rings. The molecule has 0 spiro atoms. The van der Waals surface area contributed by atoms with Crippen LogP contribution < -0.4 is 10.2 Å². The molecule has 0 aliphatic carbocycles. The van der Waals surface area contributed by atoms with E-state index in [2.05, 4.69) is 68.3 Å². The van der Waals surface area contributed by atoms with Gasteiger partial charge in [0, 0.05) is 62.6 Å². The van der Waals surface area contributed by atoms with Gasteiger partial charge in [0.25, 0.3) is 0 Å². The second-order valence-corrected chi connectivity index (χ2v) is 8.87. The molecule has 33 heavy (non-hydrogen) atoms. The molecule has 1 amide bonds. The molecule has 0 saturated carbocycles. The van der Waals surface area contributed by atoms with Crippen LogP contribution in [0.4, 0.5) is 17.2 Å². The van der Waals surface area contributed by atoms with Gasteiger partial charge in [-0.2, -0.15) is 0 Å². The molecule has 2 aromatic heterocycles. The van der Waals surface area contributed by atoms with Crippen LogP contribution in [0.15, 0.2) is 49.3 Å². The number of carbonyl (C=O) groups excluding carboxylic acids is 1. The van der Waals surface area contributed by atoms with Gasteiger partial charge in [-0.1, -0.05) is 11.8 Å². The summed E-state index contributed by atoms with van der Waals surface area (Å²) in [6.07, 6.45) is 4.99. The molecule has 0 radical (unpaired) electrons. The van der Waals surface area contributed by atoms with E-state index in [0.29, 0.717) is 6.54 Å². The lowest BCUT2D eigenvalue weighted by molar-refractivity contribution is -0.127. The predicted octanol–water partition coefficient (Wildman–Crippen LogP) is 2.51. The van der Waals surface area contributed by atoms with Crippen molar-refractivity contribution < 1.29 is 4.79 Å². The first-order valence-electron chi connectivity index (χ1n) is 11.5. The van der Waals surface area contributed by atoms with Crippen LogP contribution in [0.3, 0.4) is 0 Å². The minimum absolute atomic E-state index is 0.0276. The Kier molecular flexibility index (Phi) is 5.95. The molecule has 4 heterocycles. The van der Waals surface area contributed by atoms with Gasteiger partial charge >= 0.3 is 0 Å². The summed E-state index contributed by atoms with van der Waals surface area (Å²) in [4.78, 5) is 23.2. The van der Waals surface area contributed by atoms with Crippen LogP contribution in [0.1, 0.15) is 24.5 Å². The van der Waals surface area contributed by atoms with E-state index in [1.807, 2.05) is 11.0 Å². The van der Waals surface area contributed by atoms with Crippen molar-refractivity contribution in [1.82, 2.24) is 29.6 Å². The van der Waals surface area contributed by atoms with Gasteiger partial charge in [0.15, 0.2) is 0 Å². The Bertz CT molecular complexity index is 1130. The number of anilines is 3. The Morgan fingerprint density at radius 1 is 1.15 bits per heavy atom. The molecule has 2 aliphatic heterocycles. The molecule has 172 valence electrons. The number of likely N-dealkylation sites (tertiary alicyclic amines) is 1. The molecular weight excluding hydrogens is 416 g/mol. The molecule has 2 fully saturated rings. The summed E-state index contributed by atoms with van der Waals surface area (Å²) in [5.74, 6) is 0.867. The molecule has 2 aliphatic rings. The van der Waals surface area contributed by atoms with Gasteiger partial charge in [-0.05, 0) is 50.2 Å². The summed E-state index contributed by atoms with van der Waals surface area (Å²) < 4.78 is 1.70. The molecule has 2 saturated heterocycles. The molecule has 0 bridgehead atoms. The number of carbonyl (C=O) groups is 1. The van der Waals surface area contributed by atoms with Crippen molar-refractivity contribution in [2.75, 3.05) is 56.5 Å². The van der Waals surface area contributed by atoms with Crippen LogP contribution in [-0.4, -0.2) is 81.8 Å². The van der Waals surface area contributed by atoms with Crippen LogP contribution in [0.2, 0.25) is 0 Å². The molecule has 1 atom stereocenters. The van der Waals surface area contributed by atoms with E-state index in [1.54, 1.807) is 10.8 Å². The van der Waals surface area contributed by atoms with Crippen molar-refractivity contribution in [2.24, 2.45) is 0 Å². The third-order valence-corrected chi connectivity index (χ3v) is 6.64. The highest BCUT2D eigenvalue weighted by molar-refractivity contribution is 5.87. The fraction of sp³-hybridized carbons (Fsp3) is 0.417. The van der Waals surface area contributed by atoms with E-state index < -0.39 is 0 Å². The van der Waals surface area contributed by atoms with Gasteiger partial charge < -0.3 is 20.0 Å². The van der Waals surface area contributed by atoms with Gasteiger partial charge in [0.05, 0.1) is 11.2 Å². The average Bonchev–Trinajstić information content (AvgIpc) is 3.28. The van der Waals surface area contributed by atoms with Gasteiger partial charge in [-0.3, -0.25) is 4.79 Å². The van der Waals surface area contributed by atoms with Crippen LogP contribution in [0, 0.1) is 0 Å². The average molecular weight is 447 g/mol. The lowest BCUT2D eigenvalue weighted by Crippen LogP contribution is -2.44. The third-order valence-electron chi connectivity index (χ3n) is 6.64. The molecule has 5 rings (SSSR count). The van der Waals surface area contributed by atoms with Crippen molar-refractivity contribution in [1.29, 1.82) is 0 Å². The van der Waals surface area contributed by atoms with Crippen molar-refractivity contribution in [2.45, 2.75) is 18.8 Å². The smallest absolute Gasteiger partial charge is 0.245 e. The van der Waals surface area contributed by atoms with Crippen LogP contribution >= 0.6 is 0 Å². The standard InChI is InChI=1S/C24H30N8O/c1-3-23(33)31-10-4-5-18(16-31)24-21-15-22(25-17-32(21)28-27-24)26-19-6-8-20(9-7-19)30-13-11-29(2)12-14-30/h3,6-9,15,17-18,26H,1,4-5,10-14,16H2,2H3. The number of fused-ring (bicyclic) bond motifs is 1. The third kappa shape index (κ3) is 4.54. The summed E-state index contributed by atoms with van der Waals surface area (Å²) in [6.45, 7) is 9.30. The van der Waals surface area contributed by atoms with Gasteiger partial charge in [0.2, 0.25) is 5.91 Å². The largest absolute Gasteiger partial charge is 0.369 e. The maximum atomic E-state index is 12.1. The minimum atomic E-state index is -0.0276. The zero-order valence-electron chi connectivity index (χ0n) is 19.0. The molecule has 1 N–H and O–H groups in total. The van der Waals surface area contributed by atoms with E-state index in [1.165, 1.54) is 11.8 Å². The summed E-state index contributed by atoms with van der Waals surface area (Å²) in [7, 11) is 2.17. The zero-order valence-corrected chi connectivity index (χ0v) is 19.0. The quantitative estimate of drug-likeness (QED) is 0.603. The van der Waals surface area contributed by atoms with E-state index >= 15 is 0 Å². The van der Waals surface area contributed by atoms with Gasteiger partial charge in [-0.15, -0.1) is 5.10 Å². The number of rotatable bonds is 5. The van der Waals surface area contributed by atoms with E-state index in [0.717, 1.165) is 68.3 Å². The summed E-state index contributed by atoms with van der Waals surface area (Å²) in [5, 5.41) is 12.1. The fourth-order valence-electron chi connectivity index (χ4n) is 4.68. The van der Waals surface area contributed by atoms with Crippen molar-refractivity contribution >= 4 is 28.6 Å². The Balaban J connectivity index is 1.31. The maximum Gasteiger partial charge on any atom is 0.245 e. The lowest BCUT2D eigenvalue weighted by Gasteiger charge is -2.34. The number of benzene rings is 1. The number of likely N-dealkylation sites (N-methyl/N-ethyl adjacent to an activating group) is 1. The highest BCUT2D eigenvalue weighted by atomic mass is 16.2. The summed E-state index contributed by atoms with van der Waals surface area (Å²) in [5.41, 5.74) is 4.06. The van der Waals surface area contributed by atoms with Gasteiger partial charge in [-0.25, -0.2) is 9.50 Å². The first-order chi connectivity index (χ1) is 16.1. The van der Waals surface area contributed by atoms with Crippen LogP contribution in [0.5, 0.6) is 0 Å². The van der Waals surface area contributed by atoms with Crippen LogP contribution in [-0.2, 0) is 4.79 Å². The molecule has 9 heteroatoms. The Labute approximate surface area is 193 Å². The molecule has 1 aromatic carbocycles. The van der Waals surface area contributed by atoms with E-state index in [9.17, 15) is 4.79 Å². The SMILES string of the molecule is C=CC(=O)N1CCCC(c2nnn3cnc(Nc4ccc(N5CCN(C)CC5)cc4)cc23)C1. The summed E-state index contributed by atoms with van der Waals surface area (Å²) in [6, 6.07) is 10.5. The number of piperazine rings is 1. The van der Waals surface area contributed by atoms with E-state index in [4.69, 9.17) is 0 Å². The lowest BCUT2D eigenvalue weighted by atomic mass is 9.94. The number of amides is 1. The van der Waals surface area contributed by atoms with Crippen molar-refractivity contribution in [3.8, 4) is 0 Å². The monoisotopic (exact) mass is 446 g/mol. The number of nitrogens with zero attached hydrogens (tertiary/aromatic N) is 7. The molecule has 1 unspecified atom stereocenters. The fourth-order valence-corrected chi connectivity index (χ4v) is 4.68. The topological polar surface area (TPSA) is 81.9 Å².